The fourth-order valence-corrected chi connectivity index (χ4v) is 2.33. The Hall–Kier alpha value is -1.75. The number of rotatable bonds is 5. The van der Waals surface area contributed by atoms with Gasteiger partial charge in [0.1, 0.15) is 0 Å². The molecule has 5 heteroatoms. The summed E-state index contributed by atoms with van der Waals surface area (Å²) in [5.41, 5.74) is 6.16. The Balaban J connectivity index is 1.97. The number of carbonyl (C=O) groups excluding carboxylic acids is 1. The van der Waals surface area contributed by atoms with Gasteiger partial charge in [-0.15, -0.1) is 0 Å². The van der Waals surface area contributed by atoms with E-state index in [0.717, 1.165) is 29.9 Å². The Labute approximate surface area is 125 Å². The molecule has 1 amide bonds. The van der Waals surface area contributed by atoms with Crippen LogP contribution in [0.5, 0.6) is 11.5 Å². The quantitative estimate of drug-likeness (QED) is 0.870. The van der Waals surface area contributed by atoms with E-state index < -0.39 is 5.54 Å². The van der Waals surface area contributed by atoms with Crippen LogP contribution in [0.2, 0.25) is 0 Å². The summed E-state index contributed by atoms with van der Waals surface area (Å²) in [6, 6.07) is 5.73. The Kier molecular flexibility index (Phi) is 5.07. The fourth-order valence-electron chi connectivity index (χ4n) is 2.33. The van der Waals surface area contributed by atoms with E-state index in [-0.39, 0.29) is 5.91 Å². The van der Waals surface area contributed by atoms with E-state index in [1.165, 1.54) is 0 Å². The van der Waals surface area contributed by atoms with Gasteiger partial charge in [-0.1, -0.05) is 19.4 Å². The minimum atomic E-state index is -0.819. The molecule has 1 atom stereocenters. The molecule has 0 aliphatic carbocycles. The van der Waals surface area contributed by atoms with Gasteiger partial charge in [-0.05, 0) is 31.0 Å². The molecule has 1 heterocycles. The second kappa shape index (κ2) is 6.80. The Morgan fingerprint density at radius 2 is 2.05 bits per heavy atom. The summed E-state index contributed by atoms with van der Waals surface area (Å²) in [6.07, 6.45) is 2.42. The predicted molar refractivity (Wildman–Crippen MR) is 81.4 cm³/mol. The number of carbonyl (C=O) groups is 1. The van der Waals surface area contributed by atoms with E-state index in [1.807, 2.05) is 25.1 Å². The number of nitrogens with two attached hydrogens (primary N) is 1. The summed E-state index contributed by atoms with van der Waals surface area (Å²) in [5, 5.41) is 2.89. The van der Waals surface area contributed by atoms with Gasteiger partial charge in [0.2, 0.25) is 5.91 Å². The molecule has 0 aromatic heterocycles. The molecule has 21 heavy (non-hydrogen) atoms. The van der Waals surface area contributed by atoms with Crippen molar-refractivity contribution in [2.75, 3.05) is 13.2 Å². The summed E-state index contributed by atoms with van der Waals surface area (Å²) in [6.45, 7) is 5.54. The molecule has 0 saturated carbocycles. The van der Waals surface area contributed by atoms with Crippen molar-refractivity contribution in [1.29, 1.82) is 0 Å². The lowest BCUT2D eigenvalue weighted by molar-refractivity contribution is -0.126. The first-order valence-electron chi connectivity index (χ1n) is 7.48. The highest BCUT2D eigenvalue weighted by molar-refractivity contribution is 5.85. The molecule has 1 unspecified atom stereocenters. The lowest BCUT2D eigenvalue weighted by Gasteiger charge is -2.23. The van der Waals surface area contributed by atoms with Crippen molar-refractivity contribution in [3.63, 3.8) is 0 Å². The van der Waals surface area contributed by atoms with E-state index in [0.29, 0.717) is 26.2 Å². The fraction of sp³-hybridized carbons (Fsp3) is 0.562. The molecule has 0 bridgehead atoms. The van der Waals surface area contributed by atoms with E-state index in [2.05, 4.69) is 5.32 Å². The molecule has 1 aliphatic rings. The Bertz CT molecular complexity index is 500. The van der Waals surface area contributed by atoms with Gasteiger partial charge in [-0.3, -0.25) is 4.79 Å². The van der Waals surface area contributed by atoms with E-state index in [4.69, 9.17) is 15.2 Å². The van der Waals surface area contributed by atoms with Gasteiger partial charge in [-0.2, -0.15) is 0 Å². The lowest BCUT2D eigenvalue weighted by Crippen LogP contribution is -2.51. The van der Waals surface area contributed by atoms with Gasteiger partial charge >= 0.3 is 0 Å². The van der Waals surface area contributed by atoms with Crippen molar-refractivity contribution in [1.82, 2.24) is 5.32 Å². The lowest BCUT2D eigenvalue weighted by atomic mass is 9.96. The first-order chi connectivity index (χ1) is 10.0. The van der Waals surface area contributed by atoms with Gasteiger partial charge in [-0.25, -0.2) is 0 Å². The average molecular weight is 292 g/mol. The van der Waals surface area contributed by atoms with E-state index >= 15 is 0 Å². The maximum absolute atomic E-state index is 12.1. The SMILES string of the molecule is CCCC(C)(N)C(=O)NCc1ccc2c(c1)OCCCO2. The van der Waals surface area contributed by atoms with Gasteiger partial charge < -0.3 is 20.5 Å². The van der Waals surface area contributed by atoms with Crippen LogP contribution in [0.3, 0.4) is 0 Å². The monoisotopic (exact) mass is 292 g/mol. The molecule has 1 aliphatic heterocycles. The molecule has 0 fully saturated rings. The Morgan fingerprint density at radius 1 is 1.33 bits per heavy atom. The van der Waals surface area contributed by atoms with Gasteiger partial charge in [0.25, 0.3) is 0 Å². The van der Waals surface area contributed by atoms with Crippen LogP contribution in [0.25, 0.3) is 0 Å². The largest absolute Gasteiger partial charge is 0.490 e. The van der Waals surface area contributed by atoms with E-state index in [1.54, 1.807) is 6.92 Å². The topological polar surface area (TPSA) is 73.6 Å². The molecular weight excluding hydrogens is 268 g/mol. The first kappa shape index (κ1) is 15.6. The van der Waals surface area contributed by atoms with Crippen LogP contribution in [-0.4, -0.2) is 24.7 Å². The van der Waals surface area contributed by atoms with Crippen molar-refractivity contribution < 1.29 is 14.3 Å². The van der Waals surface area contributed by atoms with Crippen LogP contribution in [0.15, 0.2) is 18.2 Å². The van der Waals surface area contributed by atoms with Crippen molar-refractivity contribution in [2.24, 2.45) is 5.73 Å². The van der Waals surface area contributed by atoms with Crippen molar-refractivity contribution in [3.05, 3.63) is 23.8 Å². The highest BCUT2D eigenvalue weighted by Crippen LogP contribution is 2.30. The van der Waals surface area contributed by atoms with Crippen molar-refractivity contribution in [2.45, 2.75) is 45.2 Å². The number of nitrogens with one attached hydrogen (secondary N) is 1. The van der Waals surface area contributed by atoms with Gasteiger partial charge in [0.05, 0.1) is 18.8 Å². The van der Waals surface area contributed by atoms with Crippen molar-refractivity contribution >= 4 is 5.91 Å². The highest BCUT2D eigenvalue weighted by atomic mass is 16.5. The van der Waals surface area contributed by atoms with Crippen LogP contribution >= 0.6 is 0 Å². The molecule has 0 saturated heterocycles. The number of benzene rings is 1. The minimum absolute atomic E-state index is 0.128. The number of amides is 1. The molecule has 5 nitrogen and oxygen atoms in total. The smallest absolute Gasteiger partial charge is 0.240 e. The minimum Gasteiger partial charge on any atom is -0.490 e. The summed E-state index contributed by atoms with van der Waals surface area (Å²) in [5.74, 6) is 1.37. The third-order valence-corrected chi connectivity index (χ3v) is 3.55. The zero-order valence-electron chi connectivity index (χ0n) is 12.8. The normalized spacial score (nSPS) is 16.7. The molecule has 0 radical (unpaired) electrons. The molecule has 1 aromatic carbocycles. The van der Waals surface area contributed by atoms with E-state index in [9.17, 15) is 4.79 Å². The van der Waals surface area contributed by atoms with Gasteiger partial charge in [0.15, 0.2) is 11.5 Å². The maximum Gasteiger partial charge on any atom is 0.240 e. The van der Waals surface area contributed by atoms with Crippen molar-refractivity contribution in [3.8, 4) is 11.5 Å². The molecule has 2 rings (SSSR count). The third-order valence-electron chi connectivity index (χ3n) is 3.55. The molecule has 0 spiro atoms. The predicted octanol–water partition coefficient (Wildman–Crippen LogP) is 1.98. The molecule has 116 valence electrons. The summed E-state index contributed by atoms with van der Waals surface area (Å²) >= 11 is 0. The standard InChI is InChI=1S/C16H24N2O3/c1-3-7-16(2,17)15(19)18-11-12-5-6-13-14(10-12)21-9-4-8-20-13/h5-6,10H,3-4,7-9,11,17H2,1-2H3,(H,18,19). The Morgan fingerprint density at radius 3 is 2.76 bits per heavy atom. The number of hydrogen-bond donors (Lipinski definition) is 2. The highest BCUT2D eigenvalue weighted by Gasteiger charge is 2.26. The van der Waals surface area contributed by atoms with Crippen LogP contribution < -0.4 is 20.5 Å². The summed E-state index contributed by atoms with van der Waals surface area (Å²) in [4.78, 5) is 12.1. The molecular formula is C16H24N2O3. The van der Waals surface area contributed by atoms with Crippen LogP contribution in [0, 0.1) is 0 Å². The zero-order valence-corrected chi connectivity index (χ0v) is 12.8. The third kappa shape index (κ3) is 4.11. The molecule has 3 N–H and O–H groups in total. The van der Waals surface area contributed by atoms with Crippen LogP contribution in [-0.2, 0) is 11.3 Å². The zero-order chi connectivity index (χ0) is 15.3. The first-order valence-corrected chi connectivity index (χ1v) is 7.48. The second-order valence-electron chi connectivity index (χ2n) is 5.68. The number of fused-ring (bicyclic) bond motifs is 1. The average Bonchev–Trinajstić information content (AvgIpc) is 2.69. The maximum atomic E-state index is 12.1. The van der Waals surface area contributed by atoms with Gasteiger partial charge in [0, 0.05) is 13.0 Å². The molecule has 1 aromatic rings. The van der Waals surface area contributed by atoms with Crippen LogP contribution in [0.4, 0.5) is 0 Å². The summed E-state index contributed by atoms with van der Waals surface area (Å²) in [7, 11) is 0. The summed E-state index contributed by atoms with van der Waals surface area (Å²) < 4.78 is 11.2. The number of ether oxygens (including phenoxy) is 2. The van der Waals surface area contributed by atoms with Crippen LogP contribution in [0.1, 0.15) is 38.7 Å². The number of hydrogen-bond acceptors (Lipinski definition) is 4. The second-order valence-corrected chi connectivity index (χ2v) is 5.68.